The molecule has 3 aromatic rings. The van der Waals surface area contributed by atoms with Crippen molar-refractivity contribution in [3.63, 3.8) is 0 Å². The number of hydrogen-bond acceptors (Lipinski definition) is 5. The van der Waals surface area contributed by atoms with Crippen LogP contribution < -0.4 is 11.5 Å². The monoisotopic (exact) mass is 245 g/mol. The fourth-order valence-corrected chi connectivity index (χ4v) is 1.93. The van der Waals surface area contributed by atoms with Crippen molar-refractivity contribution in [1.82, 2.24) is 9.97 Å². The molecule has 0 saturated carbocycles. The summed E-state index contributed by atoms with van der Waals surface area (Å²) >= 11 is 0. The number of oxazole rings is 2. The zero-order chi connectivity index (χ0) is 12.7. The van der Waals surface area contributed by atoms with Crippen LogP contribution in [0.2, 0.25) is 0 Å². The third-order valence-corrected chi connectivity index (χ3v) is 2.73. The predicted octanol–water partition coefficient (Wildman–Crippen LogP) is 1.92. The minimum atomic E-state index is -0.475. The topological polar surface area (TPSA) is 98.0 Å². The first-order chi connectivity index (χ1) is 8.67. The lowest BCUT2D eigenvalue weighted by molar-refractivity contribution is 0.530. The SMILES string of the molecule is CCc1oc(N)nc1-c1ccc2[nH]c(=O)oc2c1. The summed E-state index contributed by atoms with van der Waals surface area (Å²) in [6.07, 6.45) is 0.689. The van der Waals surface area contributed by atoms with Gasteiger partial charge in [0.15, 0.2) is 5.58 Å². The second kappa shape index (κ2) is 3.76. The molecule has 0 spiro atoms. The van der Waals surface area contributed by atoms with Gasteiger partial charge < -0.3 is 14.6 Å². The van der Waals surface area contributed by atoms with E-state index in [-0.39, 0.29) is 6.01 Å². The summed E-state index contributed by atoms with van der Waals surface area (Å²) in [5.74, 6) is 0.238. The molecule has 0 bridgehead atoms. The summed E-state index contributed by atoms with van der Waals surface area (Å²) in [7, 11) is 0. The Bertz CT molecular complexity index is 766. The first kappa shape index (κ1) is 10.6. The van der Waals surface area contributed by atoms with Crippen LogP contribution in [0.5, 0.6) is 0 Å². The number of nitrogens with two attached hydrogens (primary N) is 1. The van der Waals surface area contributed by atoms with Crippen molar-refractivity contribution in [1.29, 1.82) is 0 Å². The Morgan fingerprint density at radius 3 is 3.00 bits per heavy atom. The van der Waals surface area contributed by atoms with Gasteiger partial charge in [-0.1, -0.05) is 13.0 Å². The maximum absolute atomic E-state index is 11.1. The van der Waals surface area contributed by atoms with E-state index in [0.29, 0.717) is 29.0 Å². The molecule has 6 heteroatoms. The number of fused-ring (bicyclic) bond motifs is 1. The third kappa shape index (κ3) is 1.58. The molecule has 0 unspecified atom stereocenters. The third-order valence-electron chi connectivity index (χ3n) is 2.73. The molecule has 0 aliphatic rings. The van der Waals surface area contributed by atoms with E-state index in [1.807, 2.05) is 13.0 Å². The number of aromatic nitrogens is 2. The van der Waals surface area contributed by atoms with Gasteiger partial charge in [0.25, 0.3) is 6.01 Å². The minimum absolute atomic E-state index is 0.137. The smallest absolute Gasteiger partial charge is 0.417 e. The highest BCUT2D eigenvalue weighted by molar-refractivity contribution is 5.79. The molecule has 0 amide bonds. The number of H-pyrrole nitrogens is 1. The fourth-order valence-electron chi connectivity index (χ4n) is 1.93. The zero-order valence-corrected chi connectivity index (χ0v) is 9.69. The molecule has 3 N–H and O–H groups in total. The number of anilines is 1. The zero-order valence-electron chi connectivity index (χ0n) is 9.69. The molecule has 0 aliphatic carbocycles. The van der Waals surface area contributed by atoms with E-state index in [1.54, 1.807) is 12.1 Å². The number of nitrogen functional groups attached to an aromatic ring is 1. The highest BCUT2D eigenvalue weighted by atomic mass is 16.4. The van der Waals surface area contributed by atoms with Crippen molar-refractivity contribution < 1.29 is 8.83 Å². The maximum Gasteiger partial charge on any atom is 0.417 e. The summed E-state index contributed by atoms with van der Waals surface area (Å²) in [6, 6.07) is 5.48. The van der Waals surface area contributed by atoms with E-state index in [1.165, 1.54) is 0 Å². The molecule has 0 radical (unpaired) electrons. The number of benzene rings is 1. The lowest BCUT2D eigenvalue weighted by Gasteiger charge is -1.98. The molecule has 6 nitrogen and oxygen atoms in total. The average molecular weight is 245 g/mol. The van der Waals surface area contributed by atoms with Gasteiger partial charge in [-0.2, -0.15) is 4.98 Å². The Balaban J connectivity index is 2.21. The van der Waals surface area contributed by atoms with Crippen LogP contribution in [0.25, 0.3) is 22.4 Å². The van der Waals surface area contributed by atoms with Gasteiger partial charge in [-0.05, 0) is 12.1 Å². The number of hydrogen-bond donors (Lipinski definition) is 2. The largest absolute Gasteiger partial charge is 0.428 e. The molecule has 1 aromatic carbocycles. The van der Waals surface area contributed by atoms with Crippen LogP contribution >= 0.6 is 0 Å². The van der Waals surface area contributed by atoms with E-state index >= 15 is 0 Å². The molecule has 92 valence electrons. The maximum atomic E-state index is 11.1. The Morgan fingerprint density at radius 2 is 2.22 bits per heavy atom. The number of nitrogens with one attached hydrogen (secondary N) is 1. The highest BCUT2D eigenvalue weighted by Crippen LogP contribution is 2.27. The van der Waals surface area contributed by atoms with Crippen LogP contribution in [0.3, 0.4) is 0 Å². The number of aromatic amines is 1. The standard InChI is InChI=1S/C12H11N3O3/c1-2-8-10(15-11(13)17-8)6-3-4-7-9(5-6)18-12(16)14-7/h3-5H,2H2,1H3,(H2,13,15)(H,14,16). The van der Waals surface area contributed by atoms with Gasteiger partial charge in [0.2, 0.25) is 0 Å². The lowest BCUT2D eigenvalue weighted by Crippen LogP contribution is -1.92. The Kier molecular flexibility index (Phi) is 2.22. The van der Waals surface area contributed by atoms with Crippen molar-refractivity contribution in [2.24, 2.45) is 0 Å². The second-order valence-electron chi connectivity index (χ2n) is 3.90. The van der Waals surface area contributed by atoms with E-state index in [2.05, 4.69) is 9.97 Å². The van der Waals surface area contributed by atoms with Gasteiger partial charge in [0.05, 0.1) is 5.52 Å². The van der Waals surface area contributed by atoms with Gasteiger partial charge in [0.1, 0.15) is 11.5 Å². The van der Waals surface area contributed by atoms with Crippen LogP contribution in [0.4, 0.5) is 6.01 Å². The molecular formula is C12H11N3O3. The number of aryl methyl sites for hydroxylation is 1. The molecule has 3 rings (SSSR count). The molecule has 0 aliphatic heterocycles. The molecule has 0 fully saturated rings. The van der Waals surface area contributed by atoms with Gasteiger partial charge in [-0.15, -0.1) is 0 Å². The Hall–Kier alpha value is -2.50. The highest BCUT2D eigenvalue weighted by Gasteiger charge is 2.13. The first-order valence-corrected chi connectivity index (χ1v) is 5.56. The quantitative estimate of drug-likeness (QED) is 0.718. The van der Waals surface area contributed by atoms with E-state index in [9.17, 15) is 4.79 Å². The van der Waals surface area contributed by atoms with Gasteiger partial charge in [-0.3, -0.25) is 4.98 Å². The van der Waals surface area contributed by atoms with Crippen LogP contribution in [0, 0.1) is 0 Å². The number of nitrogens with zero attached hydrogens (tertiary/aromatic N) is 1. The number of rotatable bonds is 2. The minimum Gasteiger partial charge on any atom is -0.428 e. The predicted molar refractivity (Wildman–Crippen MR) is 66.1 cm³/mol. The van der Waals surface area contributed by atoms with E-state index in [0.717, 1.165) is 5.56 Å². The summed E-state index contributed by atoms with van der Waals surface area (Å²) in [6.45, 7) is 1.96. The summed E-state index contributed by atoms with van der Waals surface area (Å²) in [5.41, 5.74) is 8.18. The van der Waals surface area contributed by atoms with Crippen LogP contribution in [-0.4, -0.2) is 9.97 Å². The Labute approximate surface area is 101 Å². The van der Waals surface area contributed by atoms with Crippen molar-refractivity contribution in [3.05, 3.63) is 34.5 Å². The molecule has 0 atom stereocenters. The molecule has 2 heterocycles. The average Bonchev–Trinajstić information content (AvgIpc) is 2.89. The van der Waals surface area contributed by atoms with Gasteiger partial charge in [0, 0.05) is 12.0 Å². The normalized spacial score (nSPS) is 11.2. The molecular weight excluding hydrogens is 234 g/mol. The van der Waals surface area contributed by atoms with E-state index in [4.69, 9.17) is 14.6 Å². The van der Waals surface area contributed by atoms with Crippen LogP contribution in [-0.2, 0) is 6.42 Å². The second-order valence-corrected chi connectivity index (χ2v) is 3.90. The lowest BCUT2D eigenvalue weighted by atomic mass is 10.1. The summed E-state index contributed by atoms with van der Waals surface area (Å²) in [4.78, 5) is 17.8. The Morgan fingerprint density at radius 1 is 1.39 bits per heavy atom. The van der Waals surface area contributed by atoms with Crippen molar-refractivity contribution in [2.45, 2.75) is 13.3 Å². The fraction of sp³-hybridized carbons (Fsp3) is 0.167. The summed E-state index contributed by atoms with van der Waals surface area (Å²) in [5, 5.41) is 0. The van der Waals surface area contributed by atoms with Crippen LogP contribution in [0.1, 0.15) is 12.7 Å². The van der Waals surface area contributed by atoms with E-state index < -0.39 is 5.76 Å². The summed E-state index contributed by atoms with van der Waals surface area (Å²) < 4.78 is 10.3. The first-order valence-electron chi connectivity index (χ1n) is 5.56. The molecule has 0 saturated heterocycles. The van der Waals surface area contributed by atoms with Gasteiger partial charge >= 0.3 is 5.76 Å². The van der Waals surface area contributed by atoms with Crippen molar-refractivity contribution >= 4 is 17.1 Å². The van der Waals surface area contributed by atoms with Crippen LogP contribution in [0.15, 0.2) is 31.8 Å². The van der Waals surface area contributed by atoms with Crippen molar-refractivity contribution in [3.8, 4) is 11.3 Å². The van der Waals surface area contributed by atoms with Crippen molar-refractivity contribution in [2.75, 3.05) is 5.73 Å². The van der Waals surface area contributed by atoms with Gasteiger partial charge in [-0.25, -0.2) is 4.79 Å². The molecule has 2 aromatic heterocycles. The molecule has 18 heavy (non-hydrogen) atoms.